The number of Topliss-reactive ketones (excluding diaryl/α,β-unsaturated/α-hetero) is 1. The van der Waals surface area contributed by atoms with Gasteiger partial charge in [-0.15, -0.1) is 0 Å². The number of benzene rings is 2. The summed E-state index contributed by atoms with van der Waals surface area (Å²) in [7, 11) is 1.28. The standard InChI is InChI=1S/C17H14ClNO4/c1-23-17(22)12-7-5-11(6-8-12)15(20)10-19-16(21)13-3-2-4-14(18)9-13/h2-9H,10H2,1H3,(H,19,21). The molecular formula is C17H14ClNO4. The fourth-order valence-corrected chi connectivity index (χ4v) is 2.09. The molecule has 0 aromatic heterocycles. The third-order valence-electron chi connectivity index (χ3n) is 3.12. The number of ether oxygens (including phenoxy) is 1. The molecule has 2 aromatic carbocycles. The first-order valence-electron chi connectivity index (χ1n) is 6.76. The Morgan fingerprint density at radius 3 is 2.26 bits per heavy atom. The number of ketones is 1. The molecule has 0 bridgehead atoms. The zero-order valence-corrected chi connectivity index (χ0v) is 13.1. The summed E-state index contributed by atoms with van der Waals surface area (Å²) < 4.78 is 4.58. The molecule has 6 heteroatoms. The first kappa shape index (κ1) is 16.7. The Morgan fingerprint density at radius 1 is 1.00 bits per heavy atom. The summed E-state index contributed by atoms with van der Waals surface area (Å²) in [5.74, 6) is -1.12. The minimum atomic E-state index is -0.474. The normalized spacial score (nSPS) is 10.0. The van der Waals surface area contributed by atoms with Crippen LogP contribution in [0.3, 0.4) is 0 Å². The van der Waals surface area contributed by atoms with Crippen molar-refractivity contribution in [3.05, 3.63) is 70.2 Å². The van der Waals surface area contributed by atoms with Crippen LogP contribution in [0.4, 0.5) is 0 Å². The Hall–Kier alpha value is -2.66. The molecule has 0 aliphatic rings. The van der Waals surface area contributed by atoms with Crippen LogP contribution in [0.15, 0.2) is 48.5 Å². The van der Waals surface area contributed by atoms with E-state index in [4.69, 9.17) is 11.6 Å². The van der Waals surface area contributed by atoms with E-state index >= 15 is 0 Å². The van der Waals surface area contributed by atoms with Gasteiger partial charge in [0.05, 0.1) is 19.2 Å². The number of rotatable bonds is 5. The van der Waals surface area contributed by atoms with E-state index in [2.05, 4.69) is 10.1 Å². The largest absolute Gasteiger partial charge is 0.465 e. The number of esters is 1. The molecular weight excluding hydrogens is 318 g/mol. The minimum Gasteiger partial charge on any atom is -0.465 e. The van der Waals surface area contributed by atoms with Gasteiger partial charge in [0.1, 0.15) is 0 Å². The molecule has 0 atom stereocenters. The van der Waals surface area contributed by atoms with E-state index in [-0.39, 0.29) is 18.2 Å². The highest BCUT2D eigenvalue weighted by Crippen LogP contribution is 2.10. The first-order chi connectivity index (χ1) is 11.0. The molecule has 0 spiro atoms. The summed E-state index contributed by atoms with van der Waals surface area (Å²) in [6.45, 7) is -0.150. The van der Waals surface area contributed by atoms with Crippen LogP contribution < -0.4 is 5.32 Å². The van der Waals surface area contributed by atoms with Crippen LogP contribution >= 0.6 is 11.6 Å². The van der Waals surface area contributed by atoms with Crippen molar-refractivity contribution in [1.29, 1.82) is 0 Å². The van der Waals surface area contributed by atoms with Crippen molar-refractivity contribution >= 4 is 29.3 Å². The summed E-state index contributed by atoms with van der Waals surface area (Å²) in [6.07, 6.45) is 0. The number of hydrogen-bond donors (Lipinski definition) is 1. The smallest absolute Gasteiger partial charge is 0.337 e. The maximum absolute atomic E-state index is 12.0. The molecule has 0 heterocycles. The van der Waals surface area contributed by atoms with Crippen LogP contribution in [0.25, 0.3) is 0 Å². The predicted octanol–water partition coefficient (Wildman–Crippen LogP) is 2.74. The third-order valence-corrected chi connectivity index (χ3v) is 3.36. The number of carbonyl (C=O) groups is 3. The number of hydrogen-bond acceptors (Lipinski definition) is 4. The monoisotopic (exact) mass is 331 g/mol. The molecule has 1 amide bonds. The lowest BCUT2D eigenvalue weighted by Gasteiger charge is -2.06. The maximum Gasteiger partial charge on any atom is 0.337 e. The van der Waals surface area contributed by atoms with Crippen molar-refractivity contribution in [2.45, 2.75) is 0 Å². The highest BCUT2D eigenvalue weighted by Gasteiger charge is 2.11. The van der Waals surface area contributed by atoms with Gasteiger partial charge in [-0.25, -0.2) is 4.79 Å². The van der Waals surface area contributed by atoms with Gasteiger partial charge in [0.15, 0.2) is 5.78 Å². The quantitative estimate of drug-likeness (QED) is 0.675. The SMILES string of the molecule is COC(=O)c1ccc(C(=O)CNC(=O)c2cccc(Cl)c2)cc1. The Bertz CT molecular complexity index is 741. The first-order valence-corrected chi connectivity index (χ1v) is 7.14. The van der Waals surface area contributed by atoms with Crippen LogP contribution in [-0.2, 0) is 4.74 Å². The van der Waals surface area contributed by atoms with Crippen molar-refractivity contribution < 1.29 is 19.1 Å². The van der Waals surface area contributed by atoms with Crippen molar-refractivity contribution in [2.75, 3.05) is 13.7 Å². The Balaban J connectivity index is 1.97. The van der Waals surface area contributed by atoms with Crippen LogP contribution in [0.2, 0.25) is 5.02 Å². The molecule has 0 fully saturated rings. The molecule has 0 aliphatic heterocycles. The molecule has 0 saturated carbocycles. The van der Waals surface area contributed by atoms with Gasteiger partial charge in [-0.1, -0.05) is 29.8 Å². The molecule has 118 valence electrons. The highest BCUT2D eigenvalue weighted by atomic mass is 35.5. The Labute approximate surface area is 138 Å². The average molecular weight is 332 g/mol. The van der Waals surface area contributed by atoms with E-state index in [1.54, 1.807) is 18.2 Å². The van der Waals surface area contributed by atoms with Gasteiger partial charge in [-0.2, -0.15) is 0 Å². The molecule has 23 heavy (non-hydrogen) atoms. The lowest BCUT2D eigenvalue weighted by Crippen LogP contribution is -2.29. The Kier molecular flexibility index (Phi) is 5.49. The summed E-state index contributed by atoms with van der Waals surface area (Å²) in [5.41, 5.74) is 1.13. The van der Waals surface area contributed by atoms with Gasteiger partial charge in [-0.05, 0) is 30.3 Å². The fourth-order valence-electron chi connectivity index (χ4n) is 1.90. The van der Waals surface area contributed by atoms with E-state index in [0.717, 1.165) is 0 Å². The lowest BCUT2D eigenvalue weighted by molar-refractivity contribution is 0.0600. The second kappa shape index (κ2) is 7.56. The maximum atomic E-state index is 12.0. The molecule has 0 aliphatic carbocycles. The number of amides is 1. The van der Waals surface area contributed by atoms with Crippen molar-refractivity contribution in [3.63, 3.8) is 0 Å². The highest BCUT2D eigenvalue weighted by molar-refractivity contribution is 6.31. The van der Waals surface area contributed by atoms with E-state index in [1.165, 1.54) is 37.4 Å². The zero-order chi connectivity index (χ0) is 16.8. The van der Waals surface area contributed by atoms with Gasteiger partial charge < -0.3 is 10.1 Å². The number of nitrogens with one attached hydrogen (secondary N) is 1. The van der Waals surface area contributed by atoms with E-state index in [1.807, 2.05) is 0 Å². The molecule has 1 N–H and O–H groups in total. The fraction of sp³-hybridized carbons (Fsp3) is 0.118. The molecule has 2 aromatic rings. The molecule has 0 radical (unpaired) electrons. The summed E-state index contributed by atoms with van der Waals surface area (Å²) in [4.78, 5) is 35.3. The lowest BCUT2D eigenvalue weighted by atomic mass is 10.1. The van der Waals surface area contributed by atoms with Crippen molar-refractivity contribution in [1.82, 2.24) is 5.32 Å². The molecule has 5 nitrogen and oxygen atoms in total. The van der Waals surface area contributed by atoms with Gasteiger partial charge in [0.25, 0.3) is 5.91 Å². The summed E-state index contributed by atoms with van der Waals surface area (Å²) >= 11 is 5.82. The van der Waals surface area contributed by atoms with E-state index in [0.29, 0.717) is 21.7 Å². The number of methoxy groups -OCH3 is 1. The zero-order valence-electron chi connectivity index (χ0n) is 12.3. The second-order valence-corrected chi connectivity index (χ2v) is 5.12. The average Bonchev–Trinajstić information content (AvgIpc) is 2.58. The van der Waals surface area contributed by atoms with Gasteiger partial charge in [-0.3, -0.25) is 9.59 Å². The predicted molar refractivity (Wildman–Crippen MR) is 85.9 cm³/mol. The number of halogens is 1. The van der Waals surface area contributed by atoms with Crippen LogP contribution in [0, 0.1) is 0 Å². The van der Waals surface area contributed by atoms with Crippen molar-refractivity contribution in [3.8, 4) is 0 Å². The molecule has 0 saturated heterocycles. The van der Waals surface area contributed by atoms with Crippen molar-refractivity contribution in [2.24, 2.45) is 0 Å². The second-order valence-electron chi connectivity index (χ2n) is 4.69. The van der Waals surface area contributed by atoms with Gasteiger partial charge in [0.2, 0.25) is 0 Å². The topological polar surface area (TPSA) is 72.5 Å². The summed E-state index contributed by atoms with van der Waals surface area (Å²) in [6, 6.07) is 12.5. The van der Waals surface area contributed by atoms with Crippen LogP contribution in [-0.4, -0.2) is 31.3 Å². The van der Waals surface area contributed by atoms with Gasteiger partial charge in [0, 0.05) is 16.1 Å². The minimum absolute atomic E-state index is 0.150. The molecule has 2 rings (SSSR count). The van der Waals surface area contributed by atoms with Crippen LogP contribution in [0.5, 0.6) is 0 Å². The van der Waals surface area contributed by atoms with Gasteiger partial charge >= 0.3 is 5.97 Å². The number of carbonyl (C=O) groups excluding carboxylic acids is 3. The molecule has 0 unspecified atom stereocenters. The van der Waals surface area contributed by atoms with E-state index < -0.39 is 5.97 Å². The third kappa shape index (κ3) is 4.40. The van der Waals surface area contributed by atoms with E-state index in [9.17, 15) is 14.4 Å². The van der Waals surface area contributed by atoms with Crippen LogP contribution in [0.1, 0.15) is 31.1 Å². The summed E-state index contributed by atoms with van der Waals surface area (Å²) in [5, 5.41) is 2.98. The Morgan fingerprint density at radius 2 is 1.65 bits per heavy atom.